The molecule has 0 amide bonds. The molecule has 106 valence electrons. The monoisotopic (exact) mass is 267 g/mol. The lowest BCUT2D eigenvalue weighted by Gasteiger charge is -2.29. The van der Waals surface area contributed by atoms with Gasteiger partial charge in [0.25, 0.3) is 0 Å². The van der Waals surface area contributed by atoms with Gasteiger partial charge in [-0.25, -0.2) is 4.39 Å². The van der Waals surface area contributed by atoms with Gasteiger partial charge in [-0.2, -0.15) is 0 Å². The van der Waals surface area contributed by atoms with Gasteiger partial charge in [0, 0.05) is 24.9 Å². The van der Waals surface area contributed by atoms with Crippen molar-refractivity contribution in [2.24, 2.45) is 0 Å². The fourth-order valence-electron chi connectivity index (χ4n) is 2.59. The van der Waals surface area contributed by atoms with Crippen LogP contribution >= 0.6 is 0 Å². The summed E-state index contributed by atoms with van der Waals surface area (Å²) in [4.78, 5) is 0. The smallest absolute Gasteiger partial charge is 0.167 e. The number of hydrogen-bond acceptors (Lipinski definition) is 3. The zero-order valence-corrected chi connectivity index (χ0v) is 11.6. The van der Waals surface area contributed by atoms with E-state index in [4.69, 9.17) is 9.47 Å². The Morgan fingerprint density at radius 2 is 2.21 bits per heavy atom. The summed E-state index contributed by atoms with van der Waals surface area (Å²) >= 11 is 0. The van der Waals surface area contributed by atoms with Crippen LogP contribution in [0.5, 0.6) is 5.75 Å². The van der Waals surface area contributed by atoms with Crippen LogP contribution in [-0.4, -0.2) is 25.9 Å². The molecule has 4 heteroatoms. The van der Waals surface area contributed by atoms with Crippen molar-refractivity contribution in [1.29, 1.82) is 0 Å². The molecule has 2 rings (SSSR count). The fraction of sp³-hybridized carbons (Fsp3) is 0.600. The Morgan fingerprint density at radius 3 is 2.89 bits per heavy atom. The molecule has 0 spiro atoms. The highest BCUT2D eigenvalue weighted by Gasteiger charge is 2.21. The molecule has 19 heavy (non-hydrogen) atoms. The quantitative estimate of drug-likeness (QED) is 0.884. The SMILES string of the molecule is CCOc1ccc(NC2CCCC(OC)C2)cc1F. The standard InChI is InChI=1S/C15H22FNO2/c1-3-19-15-8-7-12(10-14(15)16)17-11-5-4-6-13(9-11)18-2/h7-8,10-11,13,17H,3-6,9H2,1-2H3. The molecule has 0 saturated heterocycles. The number of rotatable bonds is 5. The van der Waals surface area contributed by atoms with Crippen LogP contribution in [-0.2, 0) is 4.74 Å². The molecule has 2 unspecified atom stereocenters. The van der Waals surface area contributed by atoms with Crippen LogP contribution in [0.3, 0.4) is 0 Å². The Hall–Kier alpha value is -1.29. The lowest BCUT2D eigenvalue weighted by molar-refractivity contribution is 0.0669. The Kier molecular flexibility index (Phi) is 5.02. The van der Waals surface area contributed by atoms with Gasteiger partial charge in [0.05, 0.1) is 12.7 Å². The molecular formula is C15H22FNO2. The number of nitrogens with one attached hydrogen (secondary N) is 1. The third kappa shape index (κ3) is 3.83. The van der Waals surface area contributed by atoms with Crippen LogP contribution in [0.15, 0.2) is 18.2 Å². The third-order valence-electron chi connectivity index (χ3n) is 3.56. The van der Waals surface area contributed by atoms with E-state index in [1.54, 1.807) is 13.2 Å². The van der Waals surface area contributed by atoms with Crippen LogP contribution in [0.4, 0.5) is 10.1 Å². The summed E-state index contributed by atoms with van der Waals surface area (Å²) in [6.07, 6.45) is 4.67. The molecule has 0 bridgehead atoms. The van der Waals surface area contributed by atoms with Gasteiger partial charge in [0.15, 0.2) is 11.6 Å². The molecular weight excluding hydrogens is 245 g/mol. The van der Waals surface area contributed by atoms with Gasteiger partial charge in [0.2, 0.25) is 0 Å². The number of anilines is 1. The van der Waals surface area contributed by atoms with E-state index in [2.05, 4.69) is 5.32 Å². The molecule has 3 nitrogen and oxygen atoms in total. The minimum atomic E-state index is -0.314. The molecule has 1 saturated carbocycles. The maximum atomic E-state index is 13.7. The van der Waals surface area contributed by atoms with Crippen LogP contribution in [0.25, 0.3) is 0 Å². The van der Waals surface area contributed by atoms with Crippen molar-refractivity contribution in [3.63, 3.8) is 0 Å². The molecule has 0 aromatic heterocycles. The minimum absolute atomic E-state index is 0.312. The van der Waals surface area contributed by atoms with Crippen molar-refractivity contribution in [2.45, 2.75) is 44.8 Å². The predicted molar refractivity (Wildman–Crippen MR) is 74.2 cm³/mol. The Morgan fingerprint density at radius 1 is 1.37 bits per heavy atom. The average Bonchev–Trinajstić information content (AvgIpc) is 2.42. The van der Waals surface area contributed by atoms with Crippen molar-refractivity contribution in [1.82, 2.24) is 0 Å². The van der Waals surface area contributed by atoms with Crippen LogP contribution < -0.4 is 10.1 Å². The molecule has 1 aliphatic rings. The van der Waals surface area contributed by atoms with E-state index in [1.165, 1.54) is 6.07 Å². The number of benzene rings is 1. The summed E-state index contributed by atoms with van der Waals surface area (Å²) in [6.45, 7) is 2.32. The highest BCUT2D eigenvalue weighted by Crippen LogP contribution is 2.26. The van der Waals surface area contributed by atoms with Gasteiger partial charge in [0.1, 0.15) is 0 Å². The zero-order valence-electron chi connectivity index (χ0n) is 11.6. The van der Waals surface area contributed by atoms with E-state index >= 15 is 0 Å². The Balaban J connectivity index is 1.97. The molecule has 2 atom stereocenters. The first kappa shape index (κ1) is 14.1. The molecule has 0 heterocycles. The normalized spacial score (nSPS) is 23.1. The van der Waals surface area contributed by atoms with Crippen LogP contribution in [0.1, 0.15) is 32.6 Å². The van der Waals surface area contributed by atoms with E-state index < -0.39 is 0 Å². The first-order valence-corrected chi connectivity index (χ1v) is 6.94. The number of hydrogen-bond donors (Lipinski definition) is 1. The summed E-state index contributed by atoms with van der Waals surface area (Å²) < 4.78 is 24.3. The third-order valence-corrected chi connectivity index (χ3v) is 3.56. The summed E-state index contributed by atoms with van der Waals surface area (Å²) in [5, 5.41) is 3.38. The topological polar surface area (TPSA) is 30.5 Å². The second-order valence-corrected chi connectivity index (χ2v) is 4.94. The van der Waals surface area contributed by atoms with Gasteiger partial charge in [-0.15, -0.1) is 0 Å². The van der Waals surface area contributed by atoms with Gasteiger partial charge >= 0.3 is 0 Å². The molecule has 1 aromatic rings. The second-order valence-electron chi connectivity index (χ2n) is 4.94. The number of halogens is 1. The van der Waals surface area contributed by atoms with Crippen molar-refractivity contribution in [3.05, 3.63) is 24.0 Å². The highest BCUT2D eigenvalue weighted by molar-refractivity contribution is 5.48. The summed E-state index contributed by atoms with van der Waals surface area (Å²) in [5.74, 6) is -0.00240. The van der Waals surface area contributed by atoms with Crippen molar-refractivity contribution >= 4 is 5.69 Å². The first-order valence-electron chi connectivity index (χ1n) is 6.94. The lowest BCUT2D eigenvalue weighted by Crippen LogP contribution is -2.31. The van der Waals surface area contributed by atoms with Crippen LogP contribution in [0, 0.1) is 5.82 Å². The Labute approximate surface area is 114 Å². The second kappa shape index (κ2) is 6.75. The van der Waals surface area contributed by atoms with Crippen LogP contribution in [0.2, 0.25) is 0 Å². The van der Waals surface area contributed by atoms with E-state index in [9.17, 15) is 4.39 Å². The molecule has 1 aromatic carbocycles. The van der Waals surface area contributed by atoms with Gasteiger partial charge in [-0.3, -0.25) is 0 Å². The van der Waals surface area contributed by atoms with E-state index in [-0.39, 0.29) is 5.82 Å². The lowest BCUT2D eigenvalue weighted by atomic mass is 9.92. The van der Waals surface area contributed by atoms with Crippen molar-refractivity contribution in [2.75, 3.05) is 19.0 Å². The minimum Gasteiger partial charge on any atom is -0.491 e. The van der Waals surface area contributed by atoms with Gasteiger partial charge in [-0.05, 0) is 44.7 Å². The molecule has 0 radical (unpaired) electrons. The molecule has 0 aliphatic heterocycles. The fourth-order valence-corrected chi connectivity index (χ4v) is 2.59. The number of ether oxygens (including phenoxy) is 2. The summed E-state index contributed by atoms with van der Waals surface area (Å²) in [6, 6.07) is 5.40. The average molecular weight is 267 g/mol. The van der Waals surface area contributed by atoms with Gasteiger partial charge in [-0.1, -0.05) is 0 Å². The molecule has 1 aliphatic carbocycles. The van der Waals surface area contributed by atoms with Crippen molar-refractivity contribution < 1.29 is 13.9 Å². The molecule has 1 fully saturated rings. The van der Waals surface area contributed by atoms with E-state index in [0.717, 1.165) is 31.4 Å². The van der Waals surface area contributed by atoms with E-state index in [0.29, 0.717) is 24.5 Å². The Bertz CT molecular complexity index is 411. The maximum Gasteiger partial charge on any atom is 0.167 e. The van der Waals surface area contributed by atoms with E-state index in [1.807, 2.05) is 13.0 Å². The zero-order chi connectivity index (χ0) is 13.7. The summed E-state index contributed by atoms with van der Waals surface area (Å²) in [5.41, 5.74) is 0.808. The molecule has 1 N–H and O–H groups in total. The summed E-state index contributed by atoms with van der Waals surface area (Å²) in [7, 11) is 1.75. The number of methoxy groups -OCH3 is 1. The maximum absolute atomic E-state index is 13.7. The van der Waals surface area contributed by atoms with Gasteiger partial charge < -0.3 is 14.8 Å². The first-order chi connectivity index (χ1) is 9.22. The predicted octanol–water partition coefficient (Wildman–Crippen LogP) is 3.59. The van der Waals surface area contributed by atoms with Crippen molar-refractivity contribution in [3.8, 4) is 5.75 Å². The highest BCUT2D eigenvalue weighted by atomic mass is 19.1. The largest absolute Gasteiger partial charge is 0.491 e.